The van der Waals surface area contributed by atoms with Crippen LogP contribution in [0.1, 0.15) is 16.7 Å². The number of benzene rings is 2. The number of nitrogens with one attached hydrogen (secondary N) is 1. The van der Waals surface area contributed by atoms with Crippen LogP contribution in [0.2, 0.25) is 10.0 Å². The lowest BCUT2D eigenvalue weighted by Gasteiger charge is -2.14. The van der Waals surface area contributed by atoms with Gasteiger partial charge in [0.15, 0.2) is 11.5 Å². The number of hydrogen-bond acceptors (Lipinski definition) is 4. The van der Waals surface area contributed by atoms with Crippen LogP contribution in [0.4, 0.5) is 0 Å². The third kappa shape index (κ3) is 5.60. The van der Waals surface area contributed by atoms with E-state index in [0.29, 0.717) is 41.2 Å². The minimum Gasteiger partial charge on any atom is -0.493 e. The summed E-state index contributed by atoms with van der Waals surface area (Å²) in [5.41, 5.74) is 3.07. The van der Waals surface area contributed by atoms with E-state index in [0.717, 1.165) is 16.7 Å². The lowest BCUT2D eigenvalue weighted by Crippen LogP contribution is -2.13. The van der Waals surface area contributed by atoms with Gasteiger partial charge < -0.3 is 14.8 Å². The summed E-state index contributed by atoms with van der Waals surface area (Å²) in [6.07, 6.45) is 3.59. The van der Waals surface area contributed by atoms with Gasteiger partial charge in [-0.2, -0.15) is 0 Å². The van der Waals surface area contributed by atoms with Crippen molar-refractivity contribution in [2.45, 2.75) is 19.7 Å². The summed E-state index contributed by atoms with van der Waals surface area (Å²) in [5, 5.41) is 4.68. The van der Waals surface area contributed by atoms with Crippen molar-refractivity contribution in [3.8, 4) is 11.5 Å². The summed E-state index contributed by atoms with van der Waals surface area (Å²) in [6, 6.07) is 15.1. The second-order valence-corrected chi connectivity index (χ2v) is 6.82. The number of nitrogens with zero attached hydrogens (tertiary/aromatic N) is 1. The van der Waals surface area contributed by atoms with Crippen molar-refractivity contribution in [3.05, 3.63) is 87.7 Å². The van der Waals surface area contributed by atoms with E-state index in [4.69, 9.17) is 32.7 Å². The lowest BCUT2D eigenvalue weighted by molar-refractivity contribution is 0.284. The molecule has 0 aliphatic carbocycles. The maximum atomic E-state index is 6.44. The average Bonchev–Trinajstić information content (AvgIpc) is 2.69. The first-order valence-electron chi connectivity index (χ1n) is 8.49. The molecule has 0 fully saturated rings. The minimum absolute atomic E-state index is 0.405. The highest BCUT2D eigenvalue weighted by molar-refractivity contribution is 6.31. The molecule has 3 aromatic rings. The van der Waals surface area contributed by atoms with Gasteiger partial charge in [-0.25, -0.2) is 0 Å². The van der Waals surface area contributed by atoms with Gasteiger partial charge in [0.1, 0.15) is 6.61 Å². The Morgan fingerprint density at radius 1 is 0.963 bits per heavy atom. The molecule has 1 heterocycles. The monoisotopic (exact) mass is 402 g/mol. The van der Waals surface area contributed by atoms with Crippen LogP contribution in [0.5, 0.6) is 11.5 Å². The Kier molecular flexibility index (Phi) is 6.93. The number of ether oxygens (including phenoxy) is 2. The lowest BCUT2D eigenvalue weighted by atomic mass is 10.2. The maximum absolute atomic E-state index is 6.44. The van der Waals surface area contributed by atoms with Crippen molar-refractivity contribution in [2.75, 3.05) is 7.11 Å². The first-order chi connectivity index (χ1) is 13.2. The van der Waals surface area contributed by atoms with Crippen LogP contribution < -0.4 is 14.8 Å². The molecule has 0 atom stereocenters. The first-order valence-corrected chi connectivity index (χ1v) is 9.24. The average molecular weight is 403 g/mol. The molecule has 1 N–H and O–H groups in total. The predicted octanol–water partition coefficient (Wildman–Crippen LogP) is 5.27. The summed E-state index contributed by atoms with van der Waals surface area (Å²) >= 11 is 12.3. The van der Waals surface area contributed by atoms with Gasteiger partial charge in [0, 0.05) is 41.6 Å². The van der Waals surface area contributed by atoms with Crippen LogP contribution in [0.25, 0.3) is 0 Å². The zero-order chi connectivity index (χ0) is 19.1. The van der Waals surface area contributed by atoms with Crippen LogP contribution in [0.3, 0.4) is 0 Å². The molecule has 27 heavy (non-hydrogen) atoms. The quantitative estimate of drug-likeness (QED) is 0.557. The molecule has 2 aromatic carbocycles. The van der Waals surface area contributed by atoms with Gasteiger partial charge in [0.05, 0.1) is 7.11 Å². The van der Waals surface area contributed by atoms with Gasteiger partial charge in [-0.3, -0.25) is 4.98 Å². The smallest absolute Gasteiger partial charge is 0.163 e. The number of halogens is 2. The third-order valence-corrected chi connectivity index (χ3v) is 4.61. The summed E-state index contributed by atoms with van der Waals surface area (Å²) in [4.78, 5) is 4.11. The van der Waals surface area contributed by atoms with Crippen LogP contribution in [0, 0.1) is 0 Å². The maximum Gasteiger partial charge on any atom is 0.163 e. The molecule has 0 unspecified atom stereocenters. The Balaban J connectivity index is 1.64. The third-order valence-electron chi connectivity index (χ3n) is 4.01. The van der Waals surface area contributed by atoms with Crippen molar-refractivity contribution in [1.82, 2.24) is 10.3 Å². The van der Waals surface area contributed by atoms with E-state index < -0.39 is 0 Å². The topological polar surface area (TPSA) is 43.4 Å². The number of hydrogen-bond donors (Lipinski definition) is 1. The SMILES string of the molecule is COc1cc(CNCc2cccnc2)c(Cl)cc1OCc1ccc(Cl)cc1. The van der Waals surface area contributed by atoms with E-state index in [1.807, 2.05) is 48.7 Å². The zero-order valence-corrected chi connectivity index (χ0v) is 16.4. The number of rotatable bonds is 8. The second-order valence-electron chi connectivity index (χ2n) is 5.97. The Hall–Kier alpha value is -2.27. The molecule has 6 heteroatoms. The molecule has 0 spiro atoms. The molecule has 0 radical (unpaired) electrons. The summed E-state index contributed by atoms with van der Waals surface area (Å²) in [7, 11) is 1.62. The van der Waals surface area contributed by atoms with Crippen molar-refractivity contribution in [3.63, 3.8) is 0 Å². The van der Waals surface area contributed by atoms with Crippen molar-refractivity contribution in [2.24, 2.45) is 0 Å². The van der Waals surface area contributed by atoms with Crippen LogP contribution >= 0.6 is 23.2 Å². The van der Waals surface area contributed by atoms with Crippen molar-refractivity contribution in [1.29, 1.82) is 0 Å². The van der Waals surface area contributed by atoms with Crippen LogP contribution in [0.15, 0.2) is 60.9 Å². The van der Waals surface area contributed by atoms with Crippen molar-refractivity contribution < 1.29 is 9.47 Å². The van der Waals surface area contributed by atoms with E-state index >= 15 is 0 Å². The molecule has 0 saturated heterocycles. The van der Waals surface area contributed by atoms with Crippen LogP contribution in [-0.2, 0) is 19.7 Å². The highest BCUT2D eigenvalue weighted by Crippen LogP contribution is 2.34. The molecule has 0 aliphatic heterocycles. The summed E-state index contributed by atoms with van der Waals surface area (Å²) < 4.78 is 11.4. The molecule has 3 rings (SSSR count). The van der Waals surface area contributed by atoms with Crippen molar-refractivity contribution >= 4 is 23.2 Å². The molecule has 140 valence electrons. The van der Waals surface area contributed by atoms with Gasteiger partial charge in [0.25, 0.3) is 0 Å². The van der Waals surface area contributed by atoms with Gasteiger partial charge in [-0.1, -0.05) is 41.4 Å². The summed E-state index contributed by atoms with van der Waals surface area (Å²) in [5.74, 6) is 1.25. The molecule has 0 saturated carbocycles. The van der Waals surface area contributed by atoms with Gasteiger partial charge in [-0.15, -0.1) is 0 Å². The standard InChI is InChI=1S/C21H20Cl2N2O2/c1-26-20-9-17(13-25-12-16-3-2-8-24-11-16)19(23)10-21(20)27-14-15-4-6-18(22)7-5-15/h2-11,25H,12-14H2,1H3. The second kappa shape index (κ2) is 9.60. The largest absolute Gasteiger partial charge is 0.493 e. The van der Waals surface area contributed by atoms with Gasteiger partial charge in [0.2, 0.25) is 0 Å². The van der Waals surface area contributed by atoms with E-state index in [1.165, 1.54) is 0 Å². The number of methoxy groups -OCH3 is 1. The first kappa shape index (κ1) is 19.5. The molecule has 4 nitrogen and oxygen atoms in total. The fourth-order valence-corrected chi connectivity index (χ4v) is 2.92. The molecular formula is C21H20Cl2N2O2. The Labute approximate surface area is 169 Å². The van der Waals surface area contributed by atoms with Crippen LogP contribution in [-0.4, -0.2) is 12.1 Å². The number of aromatic nitrogens is 1. The molecule has 0 bridgehead atoms. The zero-order valence-electron chi connectivity index (χ0n) is 14.9. The minimum atomic E-state index is 0.405. The molecule has 0 amide bonds. The highest BCUT2D eigenvalue weighted by atomic mass is 35.5. The molecular weight excluding hydrogens is 383 g/mol. The fourth-order valence-electron chi connectivity index (χ4n) is 2.57. The van der Waals surface area contributed by atoms with Gasteiger partial charge in [-0.05, 0) is 41.0 Å². The van der Waals surface area contributed by atoms with E-state index in [1.54, 1.807) is 19.4 Å². The number of pyridine rings is 1. The Morgan fingerprint density at radius 3 is 2.48 bits per heavy atom. The van der Waals surface area contributed by atoms with E-state index in [9.17, 15) is 0 Å². The summed E-state index contributed by atoms with van der Waals surface area (Å²) in [6.45, 7) is 1.73. The Morgan fingerprint density at radius 2 is 1.78 bits per heavy atom. The fraction of sp³-hybridized carbons (Fsp3) is 0.190. The highest BCUT2D eigenvalue weighted by Gasteiger charge is 2.11. The Bertz CT molecular complexity index is 871. The molecule has 1 aromatic heterocycles. The predicted molar refractivity (Wildman–Crippen MR) is 109 cm³/mol. The van der Waals surface area contributed by atoms with E-state index in [-0.39, 0.29) is 0 Å². The van der Waals surface area contributed by atoms with Gasteiger partial charge >= 0.3 is 0 Å². The normalized spacial score (nSPS) is 10.6. The van der Waals surface area contributed by atoms with E-state index in [2.05, 4.69) is 10.3 Å². The molecule has 0 aliphatic rings.